The summed E-state index contributed by atoms with van der Waals surface area (Å²) in [4.78, 5) is 24.2. The second-order valence-electron chi connectivity index (χ2n) is 5.17. The SMILES string of the molecule is CCOC(=O)C1CCCC(Cc2cccc(Br)c2)C1=O. The fourth-order valence-corrected chi connectivity index (χ4v) is 3.21. The summed E-state index contributed by atoms with van der Waals surface area (Å²) in [5, 5.41) is 0. The minimum absolute atomic E-state index is 0.0506. The van der Waals surface area contributed by atoms with Crippen LogP contribution in [0.2, 0.25) is 0 Å². The van der Waals surface area contributed by atoms with Crippen molar-refractivity contribution >= 4 is 27.7 Å². The first-order valence-corrected chi connectivity index (χ1v) is 7.86. The van der Waals surface area contributed by atoms with Crippen LogP contribution in [-0.2, 0) is 20.7 Å². The molecule has 2 rings (SSSR count). The number of hydrogen-bond donors (Lipinski definition) is 0. The molecule has 1 aromatic rings. The molecule has 0 bridgehead atoms. The lowest BCUT2D eigenvalue weighted by molar-refractivity contribution is -0.154. The van der Waals surface area contributed by atoms with E-state index in [1.807, 2.05) is 24.3 Å². The molecule has 0 radical (unpaired) electrons. The highest BCUT2D eigenvalue weighted by Crippen LogP contribution is 2.29. The zero-order valence-electron chi connectivity index (χ0n) is 11.6. The van der Waals surface area contributed by atoms with Crippen molar-refractivity contribution in [2.75, 3.05) is 6.61 Å². The normalized spacial score (nSPS) is 22.6. The van der Waals surface area contributed by atoms with E-state index in [1.165, 1.54) is 0 Å². The van der Waals surface area contributed by atoms with Crippen LogP contribution in [0.25, 0.3) is 0 Å². The number of ketones is 1. The summed E-state index contributed by atoms with van der Waals surface area (Å²) in [6, 6.07) is 7.98. The molecule has 1 fully saturated rings. The Bertz CT molecular complexity index is 498. The van der Waals surface area contributed by atoms with Crippen molar-refractivity contribution in [2.24, 2.45) is 11.8 Å². The van der Waals surface area contributed by atoms with Crippen molar-refractivity contribution in [1.82, 2.24) is 0 Å². The lowest BCUT2D eigenvalue weighted by atomic mass is 9.77. The maximum absolute atomic E-state index is 12.4. The van der Waals surface area contributed by atoms with Gasteiger partial charge in [0.1, 0.15) is 11.7 Å². The number of halogens is 1. The number of carbonyl (C=O) groups excluding carboxylic acids is 2. The van der Waals surface area contributed by atoms with E-state index in [0.717, 1.165) is 22.9 Å². The van der Waals surface area contributed by atoms with E-state index < -0.39 is 5.92 Å². The van der Waals surface area contributed by atoms with E-state index in [0.29, 0.717) is 19.4 Å². The first-order chi connectivity index (χ1) is 9.61. The molecule has 4 heteroatoms. The Hall–Kier alpha value is -1.16. The van der Waals surface area contributed by atoms with Crippen LogP contribution in [0.1, 0.15) is 31.7 Å². The number of Topliss-reactive ketones (excluding diaryl/α,β-unsaturated/α-hetero) is 1. The molecule has 1 aliphatic carbocycles. The van der Waals surface area contributed by atoms with Crippen LogP contribution in [0.15, 0.2) is 28.7 Å². The van der Waals surface area contributed by atoms with Gasteiger partial charge in [0, 0.05) is 10.4 Å². The van der Waals surface area contributed by atoms with Gasteiger partial charge in [-0.25, -0.2) is 0 Å². The van der Waals surface area contributed by atoms with Crippen LogP contribution in [0, 0.1) is 11.8 Å². The molecule has 0 saturated heterocycles. The zero-order chi connectivity index (χ0) is 14.5. The molecule has 0 spiro atoms. The standard InChI is InChI=1S/C16H19BrO3/c1-2-20-16(19)14-8-4-6-12(15(14)18)9-11-5-3-7-13(17)10-11/h3,5,7,10,12,14H,2,4,6,8-9H2,1H3. The summed E-state index contributed by atoms with van der Waals surface area (Å²) >= 11 is 3.44. The Morgan fingerprint density at radius 1 is 1.40 bits per heavy atom. The van der Waals surface area contributed by atoms with Crippen molar-refractivity contribution in [3.05, 3.63) is 34.3 Å². The molecule has 1 aromatic carbocycles. The highest BCUT2D eigenvalue weighted by atomic mass is 79.9. The van der Waals surface area contributed by atoms with Crippen LogP contribution in [-0.4, -0.2) is 18.4 Å². The highest BCUT2D eigenvalue weighted by molar-refractivity contribution is 9.10. The Kier molecular flexibility index (Phi) is 5.35. The van der Waals surface area contributed by atoms with Gasteiger partial charge in [0.15, 0.2) is 0 Å². The minimum Gasteiger partial charge on any atom is -0.465 e. The van der Waals surface area contributed by atoms with E-state index in [1.54, 1.807) is 6.92 Å². The molecular formula is C16H19BrO3. The van der Waals surface area contributed by atoms with Gasteiger partial charge in [0.2, 0.25) is 0 Å². The summed E-state index contributed by atoms with van der Waals surface area (Å²) in [7, 11) is 0. The van der Waals surface area contributed by atoms with Crippen molar-refractivity contribution in [2.45, 2.75) is 32.6 Å². The van der Waals surface area contributed by atoms with Gasteiger partial charge in [-0.1, -0.05) is 34.5 Å². The molecular weight excluding hydrogens is 320 g/mol. The van der Waals surface area contributed by atoms with Gasteiger partial charge in [-0.05, 0) is 43.9 Å². The third-order valence-corrected chi connectivity index (χ3v) is 4.23. The number of carbonyl (C=O) groups is 2. The van der Waals surface area contributed by atoms with Crippen LogP contribution in [0.3, 0.4) is 0 Å². The number of ether oxygens (including phenoxy) is 1. The molecule has 1 saturated carbocycles. The summed E-state index contributed by atoms with van der Waals surface area (Å²) in [6.45, 7) is 2.10. The number of rotatable bonds is 4. The molecule has 0 aromatic heterocycles. The lowest BCUT2D eigenvalue weighted by Gasteiger charge is -2.26. The van der Waals surface area contributed by atoms with Crippen LogP contribution < -0.4 is 0 Å². The second-order valence-corrected chi connectivity index (χ2v) is 6.08. The molecule has 1 aliphatic rings. The topological polar surface area (TPSA) is 43.4 Å². The molecule has 0 amide bonds. The monoisotopic (exact) mass is 338 g/mol. The second kappa shape index (κ2) is 7.02. The lowest BCUT2D eigenvalue weighted by Crippen LogP contribution is -2.35. The summed E-state index contributed by atoms with van der Waals surface area (Å²) in [5.41, 5.74) is 1.13. The van der Waals surface area contributed by atoms with Gasteiger partial charge < -0.3 is 4.74 Å². The van der Waals surface area contributed by atoms with Gasteiger partial charge >= 0.3 is 5.97 Å². The molecule has 2 unspecified atom stereocenters. The van der Waals surface area contributed by atoms with Crippen LogP contribution in [0.5, 0.6) is 0 Å². The van der Waals surface area contributed by atoms with Crippen molar-refractivity contribution < 1.29 is 14.3 Å². The van der Waals surface area contributed by atoms with Gasteiger partial charge in [0.25, 0.3) is 0 Å². The summed E-state index contributed by atoms with van der Waals surface area (Å²) in [6.07, 6.45) is 3.11. The Morgan fingerprint density at radius 3 is 2.90 bits per heavy atom. The van der Waals surface area contributed by atoms with Crippen LogP contribution >= 0.6 is 15.9 Å². The number of benzene rings is 1. The quantitative estimate of drug-likeness (QED) is 0.622. The van der Waals surface area contributed by atoms with Crippen molar-refractivity contribution in [3.8, 4) is 0 Å². The zero-order valence-corrected chi connectivity index (χ0v) is 13.2. The summed E-state index contributed by atoms with van der Waals surface area (Å²) in [5.74, 6) is -0.917. The fraction of sp³-hybridized carbons (Fsp3) is 0.500. The average molecular weight is 339 g/mol. The van der Waals surface area contributed by atoms with Gasteiger partial charge in [-0.15, -0.1) is 0 Å². The molecule has 20 heavy (non-hydrogen) atoms. The Morgan fingerprint density at radius 2 is 2.20 bits per heavy atom. The van der Waals surface area contributed by atoms with Crippen molar-refractivity contribution in [1.29, 1.82) is 0 Å². The first-order valence-electron chi connectivity index (χ1n) is 7.06. The van der Waals surface area contributed by atoms with E-state index in [-0.39, 0.29) is 17.7 Å². The smallest absolute Gasteiger partial charge is 0.316 e. The van der Waals surface area contributed by atoms with Gasteiger partial charge in [-0.3, -0.25) is 9.59 Å². The largest absolute Gasteiger partial charge is 0.465 e. The van der Waals surface area contributed by atoms with E-state index in [2.05, 4.69) is 15.9 Å². The average Bonchev–Trinajstić information content (AvgIpc) is 2.41. The Labute approximate surface area is 127 Å². The van der Waals surface area contributed by atoms with Crippen molar-refractivity contribution in [3.63, 3.8) is 0 Å². The highest BCUT2D eigenvalue weighted by Gasteiger charge is 2.36. The predicted octanol–water partition coefficient (Wildman–Crippen LogP) is 3.54. The fourth-order valence-electron chi connectivity index (χ4n) is 2.77. The van der Waals surface area contributed by atoms with E-state index in [4.69, 9.17) is 4.74 Å². The molecule has 108 valence electrons. The maximum Gasteiger partial charge on any atom is 0.316 e. The van der Waals surface area contributed by atoms with Gasteiger partial charge in [0.05, 0.1) is 6.61 Å². The van der Waals surface area contributed by atoms with Crippen LogP contribution in [0.4, 0.5) is 0 Å². The first kappa shape index (κ1) is 15.2. The minimum atomic E-state index is -0.555. The van der Waals surface area contributed by atoms with E-state index in [9.17, 15) is 9.59 Å². The summed E-state index contributed by atoms with van der Waals surface area (Å²) < 4.78 is 6.02. The van der Waals surface area contributed by atoms with E-state index >= 15 is 0 Å². The Balaban J connectivity index is 2.05. The number of esters is 1. The molecule has 0 heterocycles. The molecule has 0 aliphatic heterocycles. The van der Waals surface area contributed by atoms with Gasteiger partial charge in [-0.2, -0.15) is 0 Å². The molecule has 3 nitrogen and oxygen atoms in total. The predicted molar refractivity (Wildman–Crippen MR) is 80.3 cm³/mol. The maximum atomic E-state index is 12.4. The third-order valence-electron chi connectivity index (χ3n) is 3.73. The number of hydrogen-bond acceptors (Lipinski definition) is 3. The molecule has 0 N–H and O–H groups in total. The molecule has 2 atom stereocenters. The third kappa shape index (κ3) is 3.69.